The van der Waals surface area contributed by atoms with E-state index in [4.69, 9.17) is 31.5 Å². The summed E-state index contributed by atoms with van der Waals surface area (Å²) in [6, 6.07) is 25.5. The quantitative estimate of drug-likeness (QED) is 0.0714. The van der Waals surface area contributed by atoms with Crippen molar-refractivity contribution in [2.75, 3.05) is 62.9 Å². The van der Waals surface area contributed by atoms with Crippen LogP contribution in [0.5, 0.6) is 0 Å². The van der Waals surface area contributed by atoms with Crippen LogP contribution in [0, 0.1) is 0 Å². The molecule has 65 heavy (non-hydrogen) atoms. The van der Waals surface area contributed by atoms with Crippen molar-refractivity contribution in [2.24, 2.45) is 5.73 Å². The molecule has 0 aliphatic carbocycles. The van der Waals surface area contributed by atoms with Gasteiger partial charge in [-0.25, -0.2) is 0 Å². The van der Waals surface area contributed by atoms with E-state index in [9.17, 15) is 24.0 Å². The van der Waals surface area contributed by atoms with Gasteiger partial charge in [-0.2, -0.15) is 0 Å². The number of fused-ring (bicyclic) bond motifs is 3. The largest absolute Gasteiger partial charge is 0.382 e. The molecule has 6 N–H and O–H groups in total. The lowest BCUT2D eigenvalue weighted by Crippen LogP contribution is -2.56. The first-order valence-electron chi connectivity index (χ1n) is 21.7. The summed E-state index contributed by atoms with van der Waals surface area (Å²) in [6.07, 6.45) is 0.511. The Hall–Kier alpha value is -6.17. The van der Waals surface area contributed by atoms with E-state index in [1.165, 1.54) is 4.90 Å². The van der Waals surface area contributed by atoms with Gasteiger partial charge in [0.15, 0.2) is 0 Å². The van der Waals surface area contributed by atoms with E-state index in [2.05, 4.69) is 21.3 Å². The van der Waals surface area contributed by atoms with Crippen molar-refractivity contribution in [1.82, 2.24) is 20.9 Å². The fourth-order valence-corrected chi connectivity index (χ4v) is 9.97. The van der Waals surface area contributed by atoms with Crippen LogP contribution in [0.4, 0.5) is 17.1 Å². The molecular weight excluding hydrogens is 854 g/mol. The number of rotatable bonds is 18. The van der Waals surface area contributed by atoms with Gasteiger partial charge < -0.3 is 35.5 Å². The molecule has 4 aliphatic heterocycles. The number of ether oxygens (including phenoxy) is 3. The first-order valence-corrected chi connectivity index (χ1v) is 22.1. The molecule has 2 saturated heterocycles. The number of hydrogen-bond acceptors (Lipinski definition) is 11. The van der Waals surface area contributed by atoms with Crippen LogP contribution in [0.1, 0.15) is 70.0 Å². The second-order valence-electron chi connectivity index (χ2n) is 16.9. The number of nitrogens with one attached hydrogen (secondary N) is 4. The number of nitrogens with zero attached hydrogens (tertiary/aromatic N) is 2. The maximum Gasteiger partial charge on any atom is 0.255 e. The molecule has 0 radical (unpaired) electrons. The van der Waals surface area contributed by atoms with Crippen molar-refractivity contribution in [3.63, 3.8) is 0 Å². The second-order valence-corrected chi connectivity index (χ2v) is 17.4. The number of nitrogens with two attached hydrogens (primary N) is 1. The highest BCUT2D eigenvalue weighted by Gasteiger charge is 2.70. The number of halogens is 1. The minimum absolute atomic E-state index is 0.202. The maximum absolute atomic E-state index is 15.1. The molecular formula is C48H52ClN7O9. The number of imide groups is 1. The van der Waals surface area contributed by atoms with E-state index < -0.39 is 40.8 Å². The summed E-state index contributed by atoms with van der Waals surface area (Å²) in [4.78, 5) is 81.4. The Morgan fingerprint density at radius 1 is 0.846 bits per heavy atom. The van der Waals surface area contributed by atoms with Gasteiger partial charge in [-0.05, 0) is 79.9 Å². The van der Waals surface area contributed by atoms with E-state index in [1.807, 2.05) is 56.3 Å². The van der Waals surface area contributed by atoms with Crippen LogP contribution >= 0.6 is 11.6 Å². The van der Waals surface area contributed by atoms with Gasteiger partial charge in [-0.3, -0.25) is 44.3 Å². The van der Waals surface area contributed by atoms with Gasteiger partial charge >= 0.3 is 0 Å². The normalized spacial score (nSPS) is 22.0. The van der Waals surface area contributed by atoms with Gasteiger partial charge in [-0.1, -0.05) is 54.1 Å². The molecule has 340 valence electrons. The Morgan fingerprint density at radius 2 is 1.54 bits per heavy atom. The number of piperidine rings is 1. The molecule has 1 spiro atoms. The molecule has 2 fully saturated rings. The molecule has 4 aliphatic rings. The van der Waals surface area contributed by atoms with Crippen LogP contribution in [0.2, 0.25) is 5.02 Å². The summed E-state index contributed by atoms with van der Waals surface area (Å²) >= 11 is 6.54. The average molecular weight is 906 g/mol. The molecule has 8 rings (SSSR count). The minimum Gasteiger partial charge on any atom is -0.382 e. The second kappa shape index (κ2) is 19.1. The highest BCUT2D eigenvalue weighted by Crippen LogP contribution is 2.61. The van der Waals surface area contributed by atoms with Crippen molar-refractivity contribution in [3.05, 3.63) is 124 Å². The number of benzene rings is 4. The zero-order valence-electron chi connectivity index (χ0n) is 36.2. The van der Waals surface area contributed by atoms with E-state index >= 15 is 4.79 Å². The minimum atomic E-state index is -1.23. The van der Waals surface area contributed by atoms with Crippen molar-refractivity contribution in [2.45, 2.75) is 62.2 Å². The molecule has 0 aromatic heterocycles. The van der Waals surface area contributed by atoms with Crippen LogP contribution in [0.3, 0.4) is 0 Å². The number of anilines is 3. The highest BCUT2D eigenvalue weighted by molar-refractivity contribution is 6.31. The number of primary amides is 1. The summed E-state index contributed by atoms with van der Waals surface area (Å²) < 4.78 is 16.9. The van der Waals surface area contributed by atoms with Gasteiger partial charge in [-0.15, -0.1) is 0 Å². The van der Waals surface area contributed by atoms with Gasteiger partial charge in [0.05, 0.1) is 51.4 Å². The first-order chi connectivity index (χ1) is 31.3. The Labute approximate surface area is 381 Å². The molecule has 17 heteroatoms. The number of amides is 6. The molecule has 4 atom stereocenters. The smallest absolute Gasteiger partial charge is 0.255 e. The van der Waals surface area contributed by atoms with E-state index in [0.29, 0.717) is 73.5 Å². The predicted octanol–water partition coefficient (Wildman–Crippen LogP) is 3.93. The topological polar surface area (TPSA) is 211 Å². The molecule has 4 aromatic carbocycles. The first kappa shape index (κ1) is 45.4. The molecule has 16 nitrogen and oxygen atoms in total. The molecule has 0 bridgehead atoms. The Morgan fingerprint density at radius 3 is 2.23 bits per heavy atom. The lowest BCUT2D eigenvalue weighted by Gasteiger charge is -2.40. The van der Waals surface area contributed by atoms with Crippen LogP contribution in [-0.2, 0) is 45.3 Å². The predicted molar refractivity (Wildman–Crippen MR) is 242 cm³/mol. The van der Waals surface area contributed by atoms with Gasteiger partial charge in [0.2, 0.25) is 23.6 Å². The van der Waals surface area contributed by atoms with Crippen molar-refractivity contribution in [3.8, 4) is 0 Å². The summed E-state index contributed by atoms with van der Waals surface area (Å²) in [6.45, 7) is 6.98. The van der Waals surface area contributed by atoms with Crippen molar-refractivity contribution in [1.29, 1.82) is 0 Å². The lowest BCUT2D eigenvalue weighted by atomic mass is 9.60. The fraction of sp³-hybridized carbons (Fsp3) is 0.375. The SMILES string of the molecule is CC1(C)N[C@@H](C(N)=O)[C@H](c2ccccc2)[C@]12C(=O)N(c1ccc(C(=O)NCCOCCOCCOCCNc3cccc4c3CN(C3CCC(=O)NC3=O)C4=O)cc1)c1cc(Cl)ccc12. The molecule has 4 heterocycles. The van der Waals surface area contributed by atoms with E-state index in [1.54, 1.807) is 53.4 Å². The lowest BCUT2D eigenvalue weighted by molar-refractivity contribution is -0.137. The molecule has 6 amide bonds. The Kier molecular flexibility index (Phi) is 13.4. The van der Waals surface area contributed by atoms with Crippen LogP contribution in [-0.4, -0.2) is 111 Å². The molecule has 1 unspecified atom stereocenters. The van der Waals surface area contributed by atoms with Gasteiger partial charge in [0, 0.05) is 70.6 Å². The third kappa shape index (κ3) is 8.71. The summed E-state index contributed by atoms with van der Waals surface area (Å²) in [7, 11) is 0. The summed E-state index contributed by atoms with van der Waals surface area (Å²) in [5.74, 6) is -2.70. The third-order valence-corrected chi connectivity index (χ3v) is 13.0. The number of carbonyl (C=O) groups excluding carboxylic acids is 6. The fourth-order valence-electron chi connectivity index (χ4n) is 9.80. The van der Waals surface area contributed by atoms with E-state index in [-0.39, 0.29) is 49.7 Å². The van der Waals surface area contributed by atoms with E-state index in [0.717, 1.165) is 22.4 Å². The monoisotopic (exact) mass is 905 g/mol. The Bertz CT molecular complexity index is 2490. The van der Waals surface area contributed by atoms with Crippen LogP contribution in [0.15, 0.2) is 91.0 Å². The summed E-state index contributed by atoms with van der Waals surface area (Å²) in [5.41, 5.74) is 9.07. The average Bonchev–Trinajstić information content (AvgIpc) is 3.86. The van der Waals surface area contributed by atoms with Crippen LogP contribution < -0.4 is 31.9 Å². The number of hydrogen-bond donors (Lipinski definition) is 5. The summed E-state index contributed by atoms with van der Waals surface area (Å²) in [5, 5.41) is 12.4. The van der Waals surface area contributed by atoms with Gasteiger partial charge in [0.25, 0.3) is 11.8 Å². The third-order valence-electron chi connectivity index (χ3n) is 12.7. The van der Waals surface area contributed by atoms with Crippen molar-refractivity contribution >= 4 is 64.1 Å². The van der Waals surface area contributed by atoms with Gasteiger partial charge in [0.1, 0.15) is 11.5 Å². The maximum atomic E-state index is 15.1. The van der Waals surface area contributed by atoms with Crippen molar-refractivity contribution < 1.29 is 43.0 Å². The van der Waals surface area contributed by atoms with Crippen LogP contribution in [0.25, 0.3) is 0 Å². The number of carbonyl (C=O) groups is 6. The molecule has 4 aromatic rings. The highest BCUT2D eigenvalue weighted by atomic mass is 35.5. The zero-order valence-corrected chi connectivity index (χ0v) is 37.0. The Balaban J connectivity index is 0.757. The molecule has 0 saturated carbocycles. The zero-order chi connectivity index (χ0) is 45.9. The standard InChI is InChI=1S/C48H52ClN7O9/c1-47(2)48(40(41(54-47)42(50)58)29-7-4-3-5-8-29)35-16-13-31(49)27-38(35)56(46(48)62)32-14-11-30(12-15-32)43(59)52-20-22-64-24-26-65-25-23-63-21-19-51-36-10-6-9-33-34(36)28-55(45(33)61)37-17-18-39(57)53-44(37)60/h3-16,27,37,40-41,51,54H,17-26,28H2,1-2H3,(H2,50,58)(H,52,59)(H,53,57,60)/t37?,40-,41+,48+/m0/s1.